The van der Waals surface area contributed by atoms with Crippen LogP contribution < -0.4 is 9.80 Å². The number of alkyl halides is 3. The van der Waals surface area contributed by atoms with Gasteiger partial charge in [-0.15, -0.1) is 20.4 Å². The largest absolute Gasteiger partial charge is 0.453 e. The van der Waals surface area contributed by atoms with Gasteiger partial charge in [-0.05, 0) is 19.1 Å². The van der Waals surface area contributed by atoms with Crippen molar-refractivity contribution < 1.29 is 13.2 Å². The highest BCUT2D eigenvalue weighted by molar-refractivity contribution is 5.51. The van der Waals surface area contributed by atoms with Crippen molar-refractivity contribution in [1.82, 2.24) is 39.4 Å². The second-order valence-corrected chi connectivity index (χ2v) is 6.70. The van der Waals surface area contributed by atoms with E-state index in [9.17, 15) is 13.2 Å². The van der Waals surface area contributed by atoms with Gasteiger partial charge in [-0.1, -0.05) is 0 Å². The molecule has 29 heavy (non-hydrogen) atoms. The molecule has 0 aromatic carbocycles. The van der Waals surface area contributed by atoms with E-state index in [1.807, 2.05) is 17.0 Å². The van der Waals surface area contributed by atoms with Crippen molar-refractivity contribution in [3.05, 3.63) is 36.0 Å². The molecule has 1 saturated heterocycles. The summed E-state index contributed by atoms with van der Waals surface area (Å²) in [5, 5.41) is 15.9. The predicted octanol–water partition coefficient (Wildman–Crippen LogP) is 1.22. The maximum absolute atomic E-state index is 13.0. The minimum absolute atomic E-state index is 0.0607. The Labute approximate surface area is 161 Å². The van der Waals surface area contributed by atoms with Crippen LogP contribution in [0, 0.1) is 6.92 Å². The molecule has 0 atom stereocenters. The lowest BCUT2D eigenvalue weighted by Crippen LogP contribution is -2.47. The summed E-state index contributed by atoms with van der Waals surface area (Å²) >= 11 is 0. The van der Waals surface area contributed by atoms with Crippen LogP contribution in [-0.4, -0.2) is 65.6 Å². The molecule has 1 aliphatic rings. The van der Waals surface area contributed by atoms with E-state index in [0.29, 0.717) is 43.3 Å². The van der Waals surface area contributed by atoms with Gasteiger partial charge in [0.25, 0.3) is 11.6 Å². The van der Waals surface area contributed by atoms with Gasteiger partial charge < -0.3 is 9.80 Å². The number of hydrogen-bond acceptors (Lipinski definition) is 8. The van der Waals surface area contributed by atoms with Crippen LogP contribution in [0.2, 0.25) is 0 Å². The van der Waals surface area contributed by atoms with Gasteiger partial charge in [0.2, 0.25) is 0 Å². The van der Waals surface area contributed by atoms with Gasteiger partial charge in [0.15, 0.2) is 5.65 Å². The Morgan fingerprint density at radius 2 is 1.72 bits per heavy atom. The minimum atomic E-state index is -4.62. The van der Waals surface area contributed by atoms with E-state index in [4.69, 9.17) is 0 Å². The van der Waals surface area contributed by atoms with Crippen molar-refractivity contribution in [2.24, 2.45) is 0 Å². The molecule has 0 N–H and O–H groups in total. The molecule has 0 spiro atoms. The summed E-state index contributed by atoms with van der Waals surface area (Å²) in [7, 11) is 0. The van der Waals surface area contributed by atoms with Crippen LogP contribution in [-0.2, 0) is 6.18 Å². The number of aromatic nitrogens is 8. The molecule has 5 rings (SSSR count). The molecule has 0 bridgehead atoms. The SMILES string of the molecule is Cc1cc(N2CCN(c3ccc4nncn4n3)CC2)n2nc(C(F)(F)F)nc2n1. The van der Waals surface area contributed by atoms with Gasteiger partial charge in [-0.2, -0.15) is 27.2 Å². The highest BCUT2D eigenvalue weighted by Crippen LogP contribution is 2.28. The molecular weight excluding hydrogens is 389 g/mol. The molecule has 10 nitrogen and oxygen atoms in total. The Hall–Kier alpha value is -3.51. The third-order valence-electron chi connectivity index (χ3n) is 4.75. The standard InChI is InChI=1S/C16H15F3N10/c1-10-8-13(29-15(21-10)22-14(25-29)16(17,18)19)27-6-4-26(5-7-27)12-3-2-11-23-20-9-28(11)24-12/h2-3,8-9H,4-7H2,1H3. The average Bonchev–Trinajstić information content (AvgIpc) is 3.33. The van der Waals surface area contributed by atoms with Crippen LogP contribution in [0.4, 0.5) is 24.8 Å². The fourth-order valence-electron chi connectivity index (χ4n) is 3.36. The van der Waals surface area contributed by atoms with Crippen molar-refractivity contribution in [2.45, 2.75) is 13.1 Å². The fourth-order valence-corrected chi connectivity index (χ4v) is 3.36. The zero-order chi connectivity index (χ0) is 20.2. The van der Waals surface area contributed by atoms with E-state index in [-0.39, 0.29) is 5.78 Å². The predicted molar refractivity (Wildman–Crippen MR) is 95.7 cm³/mol. The average molecular weight is 404 g/mol. The van der Waals surface area contributed by atoms with Crippen molar-refractivity contribution in [2.75, 3.05) is 36.0 Å². The molecule has 150 valence electrons. The summed E-state index contributed by atoms with van der Waals surface area (Å²) in [6, 6.07) is 5.44. The molecule has 4 aromatic rings. The first-order chi connectivity index (χ1) is 13.9. The first kappa shape index (κ1) is 17.6. The number of anilines is 2. The van der Waals surface area contributed by atoms with E-state index >= 15 is 0 Å². The summed E-state index contributed by atoms with van der Waals surface area (Å²) in [5.41, 5.74) is 1.24. The summed E-state index contributed by atoms with van der Waals surface area (Å²) in [6.45, 7) is 4.18. The third-order valence-corrected chi connectivity index (χ3v) is 4.75. The number of nitrogens with zero attached hydrogens (tertiary/aromatic N) is 10. The number of hydrogen-bond donors (Lipinski definition) is 0. The Morgan fingerprint density at radius 1 is 0.966 bits per heavy atom. The van der Waals surface area contributed by atoms with Crippen LogP contribution in [0.3, 0.4) is 0 Å². The zero-order valence-electron chi connectivity index (χ0n) is 15.2. The molecule has 0 aliphatic carbocycles. The second-order valence-electron chi connectivity index (χ2n) is 6.70. The van der Waals surface area contributed by atoms with Crippen molar-refractivity contribution in [1.29, 1.82) is 0 Å². The fraction of sp³-hybridized carbons (Fsp3) is 0.375. The Bertz CT molecular complexity index is 1190. The van der Waals surface area contributed by atoms with Crippen LogP contribution in [0.1, 0.15) is 11.5 Å². The highest BCUT2D eigenvalue weighted by atomic mass is 19.4. The molecule has 0 unspecified atom stereocenters. The minimum Gasteiger partial charge on any atom is -0.353 e. The lowest BCUT2D eigenvalue weighted by molar-refractivity contribution is -0.144. The third kappa shape index (κ3) is 3.07. The maximum Gasteiger partial charge on any atom is 0.453 e. The van der Waals surface area contributed by atoms with Crippen LogP contribution in [0.25, 0.3) is 11.4 Å². The second kappa shape index (κ2) is 6.25. The number of fused-ring (bicyclic) bond motifs is 2. The van der Waals surface area contributed by atoms with E-state index in [1.165, 1.54) is 6.33 Å². The van der Waals surface area contributed by atoms with Crippen molar-refractivity contribution in [3.63, 3.8) is 0 Å². The zero-order valence-corrected chi connectivity index (χ0v) is 15.2. The van der Waals surface area contributed by atoms with Gasteiger partial charge in [0.05, 0.1) is 0 Å². The summed E-state index contributed by atoms with van der Waals surface area (Å²) in [4.78, 5) is 11.7. The van der Waals surface area contributed by atoms with E-state index in [2.05, 4.69) is 35.3 Å². The van der Waals surface area contributed by atoms with Gasteiger partial charge >= 0.3 is 6.18 Å². The van der Waals surface area contributed by atoms with Crippen molar-refractivity contribution in [3.8, 4) is 0 Å². The van der Waals surface area contributed by atoms with Gasteiger partial charge in [0.1, 0.15) is 18.0 Å². The van der Waals surface area contributed by atoms with Crippen LogP contribution in [0.5, 0.6) is 0 Å². The van der Waals surface area contributed by atoms with Crippen molar-refractivity contribution >= 4 is 23.1 Å². The molecule has 1 fully saturated rings. The molecule has 0 radical (unpaired) electrons. The lowest BCUT2D eigenvalue weighted by Gasteiger charge is -2.36. The molecule has 1 aliphatic heterocycles. The molecule has 5 heterocycles. The number of aryl methyl sites for hydroxylation is 1. The van der Waals surface area contributed by atoms with E-state index < -0.39 is 12.0 Å². The van der Waals surface area contributed by atoms with Gasteiger partial charge in [-0.25, -0.2) is 4.98 Å². The van der Waals surface area contributed by atoms with E-state index in [1.54, 1.807) is 17.5 Å². The Morgan fingerprint density at radius 3 is 2.48 bits per heavy atom. The summed E-state index contributed by atoms with van der Waals surface area (Å²) < 4.78 is 41.8. The summed E-state index contributed by atoms with van der Waals surface area (Å²) in [6.07, 6.45) is -3.08. The van der Waals surface area contributed by atoms with Gasteiger partial charge in [-0.3, -0.25) is 0 Å². The Balaban J connectivity index is 1.41. The molecule has 0 saturated carbocycles. The summed E-state index contributed by atoms with van der Waals surface area (Å²) in [5.74, 6) is 0.0712. The number of piperazine rings is 1. The molecule has 0 amide bonds. The first-order valence-electron chi connectivity index (χ1n) is 8.87. The monoisotopic (exact) mass is 404 g/mol. The Kier molecular flexibility index (Phi) is 3.79. The number of halogens is 3. The van der Waals surface area contributed by atoms with E-state index in [0.717, 1.165) is 10.3 Å². The number of rotatable bonds is 2. The van der Waals surface area contributed by atoms with Crippen LogP contribution in [0.15, 0.2) is 24.5 Å². The normalized spacial score (nSPS) is 15.6. The molecule has 13 heteroatoms. The molecular formula is C16H15F3N10. The highest BCUT2D eigenvalue weighted by Gasteiger charge is 2.37. The quantitative estimate of drug-likeness (QED) is 0.492. The maximum atomic E-state index is 13.0. The topological polar surface area (TPSA) is 92.6 Å². The smallest absolute Gasteiger partial charge is 0.353 e. The molecule has 4 aromatic heterocycles. The van der Waals surface area contributed by atoms with Gasteiger partial charge in [0, 0.05) is 37.9 Å². The van der Waals surface area contributed by atoms with Crippen LogP contribution >= 0.6 is 0 Å². The lowest BCUT2D eigenvalue weighted by atomic mass is 10.3. The first-order valence-corrected chi connectivity index (χ1v) is 8.87.